The van der Waals surface area contributed by atoms with Gasteiger partial charge >= 0.3 is 0 Å². The second-order valence-corrected chi connectivity index (χ2v) is 6.77. The Bertz CT molecular complexity index is 818. The van der Waals surface area contributed by atoms with Gasteiger partial charge in [-0.3, -0.25) is 9.89 Å². The number of amides is 1. The number of aryl methyl sites for hydroxylation is 3. The van der Waals surface area contributed by atoms with Crippen molar-refractivity contribution >= 4 is 17.2 Å². The summed E-state index contributed by atoms with van der Waals surface area (Å²) in [7, 11) is 1.82. The lowest BCUT2D eigenvalue weighted by molar-refractivity contribution is -0.129. The molecule has 0 aliphatic heterocycles. The SMILES string of the molecule is Cc1n[nH]c(C)c1CCN(C)C(=O)CCc1nnc(-c2ccsc2)o1. The third-order valence-electron chi connectivity index (χ3n) is 4.19. The van der Waals surface area contributed by atoms with Crippen molar-refractivity contribution in [2.45, 2.75) is 33.1 Å². The lowest BCUT2D eigenvalue weighted by Gasteiger charge is -2.16. The smallest absolute Gasteiger partial charge is 0.248 e. The molecule has 7 nitrogen and oxygen atoms in total. The molecular formula is C17H21N5O2S. The third kappa shape index (κ3) is 4.14. The van der Waals surface area contributed by atoms with Crippen molar-refractivity contribution in [2.75, 3.05) is 13.6 Å². The fourth-order valence-electron chi connectivity index (χ4n) is 2.61. The lowest BCUT2D eigenvalue weighted by atomic mass is 10.1. The molecule has 3 rings (SSSR count). The van der Waals surface area contributed by atoms with Crippen molar-refractivity contribution in [1.29, 1.82) is 0 Å². The summed E-state index contributed by atoms with van der Waals surface area (Å²) in [5.41, 5.74) is 4.14. The molecule has 1 N–H and O–H groups in total. The van der Waals surface area contributed by atoms with Crippen LogP contribution in [0.4, 0.5) is 0 Å². The van der Waals surface area contributed by atoms with E-state index >= 15 is 0 Å². The molecule has 3 aromatic rings. The molecular weight excluding hydrogens is 338 g/mol. The molecule has 0 bridgehead atoms. The molecule has 0 fully saturated rings. The zero-order valence-corrected chi connectivity index (χ0v) is 15.4. The number of hydrogen-bond acceptors (Lipinski definition) is 6. The molecule has 3 aromatic heterocycles. The first-order valence-corrected chi connectivity index (χ1v) is 9.08. The number of nitrogens with one attached hydrogen (secondary N) is 1. The number of thiophene rings is 1. The van der Waals surface area contributed by atoms with Gasteiger partial charge in [0.15, 0.2) is 0 Å². The number of carbonyl (C=O) groups is 1. The Labute approximate surface area is 150 Å². The number of aromatic nitrogens is 4. The Morgan fingerprint density at radius 3 is 2.84 bits per heavy atom. The Balaban J connectivity index is 1.49. The van der Waals surface area contributed by atoms with E-state index in [9.17, 15) is 4.79 Å². The number of likely N-dealkylation sites (N-methyl/N-ethyl adjacent to an activating group) is 1. The molecule has 0 aromatic carbocycles. The van der Waals surface area contributed by atoms with Crippen molar-refractivity contribution in [2.24, 2.45) is 0 Å². The second kappa shape index (κ2) is 7.60. The molecule has 0 aliphatic carbocycles. The van der Waals surface area contributed by atoms with Gasteiger partial charge < -0.3 is 9.32 Å². The van der Waals surface area contributed by atoms with Crippen molar-refractivity contribution in [3.8, 4) is 11.5 Å². The molecule has 1 amide bonds. The van der Waals surface area contributed by atoms with Crippen molar-refractivity contribution in [1.82, 2.24) is 25.3 Å². The van der Waals surface area contributed by atoms with Crippen LogP contribution in [0.5, 0.6) is 0 Å². The van der Waals surface area contributed by atoms with Crippen molar-refractivity contribution < 1.29 is 9.21 Å². The fraction of sp³-hybridized carbons (Fsp3) is 0.412. The summed E-state index contributed by atoms with van der Waals surface area (Å²) in [6.07, 6.45) is 1.59. The Morgan fingerprint density at radius 2 is 2.16 bits per heavy atom. The van der Waals surface area contributed by atoms with Gasteiger partial charge in [0.2, 0.25) is 17.7 Å². The fourth-order valence-corrected chi connectivity index (χ4v) is 3.24. The molecule has 132 valence electrons. The third-order valence-corrected chi connectivity index (χ3v) is 4.87. The number of hydrogen-bond donors (Lipinski definition) is 1. The van der Waals surface area contributed by atoms with E-state index in [-0.39, 0.29) is 5.91 Å². The number of aromatic amines is 1. The standard InChI is InChI=1S/C17H21N5O2S/c1-11-14(12(2)19-18-11)6-8-22(3)16(23)5-4-15-20-21-17(24-15)13-7-9-25-10-13/h7,9-10H,4-6,8H2,1-3H3,(H,18,19). The van der Waals surface area contributed by atoms with Crippen LogP contribution in [0, 0.1) is 13.8 Å². The molecule has 3 heterocycles. The summed E-state index contributed by atoms with van der Waals surface area (Å²) in [6, 6.07) is 1.93. The maximum atomic E-state index is 12.3. The molecule has 0 atom stereocenters. The van der Waals surface area contributed by atoms with Gasteiger partial charge in [0, 0.05) is 43.1 Å². The summed E-state index contributed by atoms with van der Waals surface area (Å²) < 4.78 is 5.61. The maximum absolute atomic E-state index is 12.3. The average molecular weight is 359 g/mol. The highest BCUT2D eigenvalue weighted by molar-refractivity contribution is 7.08. The van der Waals surface area contributed by atoms with Crippen molar-refractivity contribution in [3.63, 3.8) is 0 Å². The quantitative estimate of drug-likeness (QED) is 0.701. The van der Waals surface area contributed by atoms with Gasteiger partial charge in [-0.25, -0.2) is 0 Å². The largest absolute Gasteiger partial charge is 0.421 e. The van der Waals surface area contributed by atoms with E-state index in [0.717, 1.165) is 23.4 Å². The van der Waals surface area contributed by atoms with E-state index in [1.54, 1.807) is 16.2 Å². The maximum Gasteiger partial charge on any atom is 0.248 e. The van der Waals surface area contributed by atoms with Crippen LogP contribution in [-0.4, -0.2) is 44.8 Å². The Kier molecular flexibility index (Phi) is 5.28. The van der Waals surface area contributed by atoms with Gasteiger partial charge in [-0.2, -0.15) is 16.4 Å². The van der Waals surface area contributed by atoms with E-state index in [0.29, 0.717) is 31.2 Å². The monoisotopic (exact) mass is 359 g/mol. The summed E-state index contributed by atoms with van der Waals surface area (Å²) in [4.78, 5) is 14.0. The predicted molar refractivity (Wildman–Crippen MR) is 95.3 cm³/mol. The molecule has 0 saturated carbocycles. The Hall–Kier alpha value is -2.48. The van der Waals surface area contributed by atoms with Crippen molar-refractivity contribution in [3.05, 3.63) is 39.7 Å². The average Bonchev–Trinajstić information content (AvgIpc) is 3.33. The lowest BCUT2D eigenvalue weighted by Crippen LogP contribution is -2.29. The summed E-state index contributed by atoms with van der Waals surface area (Å²) in [6.45, 7) is 4.63. The first-order valence-electron chi connectivity index (χ1n) is 8.14. The van der Waals surface area contributed by atoms with Gasteiger partial charge in [0.1, 0.15) is 0 Å². The van der Waals surface area contributed by atoms with Crippen LogP contribution in [-0.2, 0) is 17.6 Å². The van der Waals surface area contributed by atoms with E-state index in [2.05, 4.69) is 20.4 Å². The van der Waals surface area contributed by atoms with Gasteiger partial charge in [0.25, 0.3) is 0 Å². The summed E-state index contributed by atoms with van der Waals surface area (Å²) in [5.74, 6) is 1.06. The summed E-state index contributed by atoms with van der Waals surface area (Å²) >= 11 is 1.58. The van der Waals surface area contributed by atoms with E-state index in [1.165, 1.54) is 5.56 Å². The van der Waals surface area contributed by atoms with Gasteiger partial charge in [0.05, 0.1) is 5.69 Å². The van der Waals surface area contributed by atoms with Crippen LogP contribution < -0.4 is 0 Å². The minimum Gasteiger partial charge on any atom is -0.421 e. The molecule has 0 aliphatic rings. The molecule has 0 saturated heterocycles. The Morgan fingerprint density at radius 1 is 1.32 bits per heavy atom. The number of rotatable bonds is 7. The molecule has 0 radical (unpaired) electrons. The van der Waals surface area contributed by atoms with Crippen LogP contribution in [0.2, 0.25) is 0 Å². The van der Waals surface area contributed by atoms with Crippen LogP contribution in [0.1, 0.15) is 29.3 Å². The van der Waals surface area contributed by atoms with Crippen LogP contribution in [0.3, 0.4) is 0 Å². The normalized spacial score (nSPS) is 11.0. The summed E-state index contributed by atoms with van der Waals surface area (Å²) in [5, 5.41) is 19.1. The van der Waals surface area contributed by atoms with Gasteiger partial charge in [-0.15, -0.1) is 10.2 Å². The zero-order chi connectivity index (χ0) is 17.8. The van der Waals surface area contributed by atoms with Crippen LogP contribution >= 0.6 is 11.3 Å². The van der Waals surface area contributed by atoms with Crippen LogP contribution in [0.15, 0.2) is 21.2 Å². The molecule has 25 heavy (non-hydrogen) atoms. The van der Waals surface area contributed by atoms with E-state index in [4.69, 9.17) is 4.42 Å². The molecule has 0 unspecified atom stereocenters. The number of H-pyrrole nitrogens is 1. The minimum atomic E-state index is 0.0640. The highest BCUT2D eigenvalue weighted by atomic mass is 32.1. The van der Waals surface area contributed by atoms with E-state index < -0.39 is 0 Å². The first-order chi connectivity index (χ1) is 12.0. The number of carbonyl (C=O) groups excluding carboxylic acids is 1. The number of nitrogens with zero attached hydrogens (tertiary/aromatic N) is 4. The highest BCUT2D eigenvalue weighted by Crippen LogP contribution is 2.20. The molecule has 8 heteroatoms. The zero-order valence-electron chi connectivity index (χ0n) is 14.6. The predicted octanol–water partition coefficient (Wildman–Crippen LogP) is 2.77. The second-order valence-electron chi connectivity index (χ2n) is 5.99. The topological polar surface area (TPSA) is 87.9 Å². The highest BCUT2D eigenvalue weighted by Gasteiger charge is 2.14. The van der Waals surface area contributed by atoms with Gasteiger partial charge in [-0.05, 0) is 37.3 Å². The molecule has 0 spiro atoms. The first kappa shape index (κ1) is 17.3. The van der Waals surface area contributed by atoms with E-state index in [1.807, 2.05) is 37.7 Å². The minimum absolute atomic E-state index is 0.0640. The van der Waals surface area contributed by atoms with Gasteiger partial charge in [-0.1, -0.05) is 0 Å². The van der Waals surface area contributed by atoms with Crippen LogP contribution in [0.25, 0.3) is 11.5 Å².